The normalized spacial score (nSPS) is 17.9. The lowest BCUT2D eigenvalue weighted by molar-refractivity contribution is -0.118. The largest absolute Gasteiger partial charge is 0.338 e. The number of carbonyl (C=O) groups excluding carboxylic acids is 2. The molecule has 2 rings (SSSR count). The van der Waals surface area contributed by atoms with Gasteiger partial charge in [0.2, 0.25) is 5.91 Å². The smallest absolute Gasteiger partial charge is 0.315 e. The zero-order valence-electron chi connectivity index (χ0n) is 12.9. The minimum atomic E-state index is -0.524. The molecule has 1 atom stereocenters. The van der Waals surface area contributed by atoms with Crippen LogP contribution >= 0.6 is 0 Å². The first-order chi connectivity index (χ1) is 10.5. The van der Waals surface area contributed by atoms with E-state index in [4.69, 9.17) is 0 Å². The van der Waals surface area contributed by atoms with E-state index in [1.54, 1.807) is 17.0 Å². The van der Waals surface area contributed by atoms with E-state index in [2.05, 4.69) is 24.5 Å². The van der Waals surface area contributed by atoms with Gasteiger partial charge in [-0.2, -0.15) is 0 Å². The Morgan fingerprint density at radius 1 is 1.36 bits per heavy atom. The Morgan fingerprint density at radius 3 is 2.68 bits per heavy atom. The van der Waals surface area contributed by atoms with Crippen LogP contribution in [-0.4, -0.2) is 31.1 Å². The van der Waals surface area contributed by atoms with Crippen LogP contribution in [0.25, 0.3) is 0 Å². The van der Waals surface area contributed by atoms with Gasteiger partial charge in [-0.15, -0.1) is 0 Å². The minimum absolute atomic E-state index is 0.161. The van der Waals surface area contributed by atoms with E-state index in [0.29, 0.717) is 31.1 Å². The Kier molecular flexibility index (Phi) is 5.35. The van der Waals surface area contributed by atoms with Crippen LogP contribution in [0.3, 0.4) is 0 Å². The Bertz CT molecular complexity index is 531. The van der Waals surface area contributed by atoms with E-state index in [1.807, 2.05) is 0 Å². The van der Waals surface area contributed by atoms with Gasteiger partial charge >= 0.3 is 6.03 Å². The molecule has 0 saturated carbocycles. The molecule has 5 nitrogen and oxygen atoms in total. The average Bonchev–Trinajstić information content (AvgIpc) is 2.81. The summed E-state index contributed by atoms with van der Waals surface area (Å²) in [5, 5.41) is 5.45. The summed E-state index contributed by atoms with van der Waals surface area (Å²) < 4.78 is 12.9. The Labute approximate surface area is 129 Å². The van der Waals surface area contributed by atoms with Gasteiger partial charge in [0.05, 0.1) is 0 Å². The first kappa shape index (κ1) is 16.3. The van der Waals surface area contributed by atoms with Crippen molar-refractivity contribution in [1.29, 1.82) is 0 Å². The van der Waals surface area contributed by atoms with Crippen LogP contribution in [0.15, 0.2) is 24.3 Å². The summed E-state index contributed by atoms with van der Waals surface area (Å²) >= 11 is 0. The molecule has 22 heavy (non-hydrogen) atoms. The highest BCUT2D eigenvalue weighted by Gasteiger charge is 2.33. The maximum absolute atomic E-state index is 12.9. The fourth-order valence-corrected chi connectivity index (χ4v) is 2.37. The lowest BCUT2D eigenvalue weighted by Crippen LogP contribution is -2.46. The fourth-order valence-electron chi connectivity index (χ4n) is 2.37. The molecule has 1 saturated heterocycles. The first-order valence-corrected chi connectivity index (χ1v) is 7.58. The van der Waals surface area contributed by atoms with Crippen molar-refractivity contribution in [3.63, 3.8) is 0 Å². The highest BCUT2D eigenvalue weighted by molar-refractivity contribution is 6.01. The number of rotatable bonds is 5. The van der Waals surface area contributed by atoms with Gasteiger partial charge in [0, 0.05) is 18.8 Å². The van der Waals surface area contributed by atoms with Crippen molar-refractivity contribution in [3.8, 4) is 0 Å². The SMILES string of the molecule is CC(C)CCNC(=O)N[C@H]1CCN(c2ccc(F)cc2)C1=O. The third-order valence-electron chi connectivity index (χ3n) is 3.66. The van der Waals surface area contributed by atoms with Crippen molar-refractivity contribution >= 4 is 17.6 Å². The molecule has 1 aliphatic heterocycles. The molecule has 0 spiro atoms. The van der Waals surface area contributed by atoms with Crippen molar-refractivity contribution in [3.05, 3.63) is 30.1 Å². The molecule has 1 aromatic rings. The van der Waals surface area contributed by atoms with E-state index >= 15 is 0 Å². The van der Waals surface area contributed by atoms with Crippen LogP contribution in [0.4, 0.5) is 14.9 Å². The zero-order valence-corrected chi connectivity index (χ0v) is 12.9. The van der Waals surface area contributed by atoms with Crippen LogP contribution in [0, 0.1) is 11.7 Å². The Hall–Kier alpha value is -2.11. The maximum atomic E-state index is 12.9. The second-order valence-corrected chi connectivity index (χ2v) is 5.89. The van der Waals surface area contributed by atoms with E-state index in [-0.39, 0.29) is 17.8 Å². The van der Waals surface area contributed by atoms with Crippen molar-refractivity contribution in [2.24, 2.45) is 5.92 Å². The monoisotopic (exact) mass is 307 g/mol. The summed E-state index contributed by atoms with van der Waals surface area (Å²) in [6.45, 7) is 5.27. The number of nitrogens with one attached hydrogen (secondary N) is 2. The van der Waals surface area contributed by atoms with E-state index in [0.717, 1.165) is 6.42 Å². The van der Waals surface area contributed by atoms with Crippen LogP contribution in [0.1, 0.15) is 26.7 Å². The molecule has 0 bridgehead atoms. The van der Waals surface area contributed by atoms with E-state index in [1.165, 1.54) is 12.1 Å². The van der Waals surface area contributed by atoms with E-state index in [9.17, 15) is 14.0 Å². The predicted octanol–water partition coefficient (Wildman–Crippen LogP) is 2.28. The Morgan fingerprint density at radius 2 is 2.05 bits per heavy atom. The zero-order chi connectivity index (χ0) is 16.1. The third kappa shape index (κ3) is 4.19. The number of halogens is 1. The summed E-state index contributed by atoms with van der Waals surface area (Å²) in [7, 11) is 0. The van der Waals surface area contributed by atoms with Gasteiger partial charge in [0.1, 0.15) is 11.9 Å². The number of urea groups is 1. The molecule has 1 aromatic carbocycles. The molecule has 2 N–H and O–H groups in total. The first-order valence-electron chi connectivity index (χ1n) is 7.58. The number of hydrogen-bond acceptors (Lipinski definition) is 2. The highest BCUT2D eigenvalue weighted by atomic mass is 19.1. The molecule has 0 aromatic heterocycles. The number of nitrogens with zero attached hydrogens (tertiary/aromatic N) is 1. The van der Waals surface area contributed by atoms with Crippen LogP contribution in [0.5, 0.6) is 0 Å². The van der Waals surface area contributed by atoms with E-state index < -0.39 is 6.04 Å². The molecule has 3 amide bonds. The van der Waals surface area contributed by atoms with Gasteiger partial charge in [0.25, 0.3) is 0 Å². The van der Waals surface area contributed by atoms with Gasteiger partial charge in [-0.25, -0.2) is 9.18 Å². The molecule has 120 valence electrons. The van der Waals surface area contributed by atoms with Crippen molar-refractivity contribution in [1.82, 2.24) is 10.6 Å². The summed E-state index contributed by atoms with van der Waals surface area (Å²) in [5.41, 5.74) is 0.649. The standard InChI is InChI=1S/C16H22FN3O2/c1-11(2)7-9-18-16(22)19-14-8-10-20(15(14)21)13-5-3-12(17)4-6-13/h3-6,11,14H,7-10H2,1-2H3,(H2,18,19,22)/t14-/m0/s1. The third-order valence-corrected chi connectivity index (χ3v) is 3.66. The molecular weight excluding hydrogens is 285 g/mol. The lowest BCUT2D eigenvalue weighted by atomic mass is 10.1. The molecule has 0 aliphatic carbocycles. The lowest BCUT2D eigenvalue weighted by Gasteiger charge is -2.17. The molecular formula is C16H22FN3O2. The summed E-state index contributed by atoms with van der Waals surface area (Å²) in [4.78, 5) is 25.6. The predicted molar refractivity (Wildman–Crippen MR) is 83.1 cm³/mol. The molecule has 0 unspecified atom stereocenters. The van der Waals surface area contributed by atoms with Gasteiger partial charge < -0.3 is 15.5 Å². The number of anilines is 1. The summed E-state index contributed by atoms with van der Waals surface area (Å²) in [5.74, 6) is 0.0163. The van der Waals surface area contributed by atoms with Crippen LogP contribution in [0.2, 0.25) is 0 Å². The van der Waals surface area contributed by atoms with Crippen molar-refractivity contribution in [2.45, 2.75) is 32.7 Å². The number of hydrogen-bond donors (Lipinski definition) is 2. The van der Waals surface area contributed by atoms with Crippen LogP contribution in [-0.2, 0) is 4.79 Å². The van der Waals surface area contributed by atoms with Crippen molar-refractivity contribution < 1.29 is 14.0 Å². The summed E-state index contributed by atoms with van der Waals surface area (Å²) in [6, 6.07) is 4.93. The Balaban J connectivity index is 1.86. The minimum Gasteiger partial charge on any atom is -0.338 e. The van der Waals surface area contributed by atoms with Gasteiger partial charge in [0.15, 0.2) is 0 Å². The molecule has 6 heteroatoms. The highest BCUT2D eigenvalue weighted by Crippen LogP contribution is 2.21. The molecule has 1 heterocycles. The summed E-state index contributed by atoms with van der Waals surface area (Å²) in [6.07, 6.45) is 1.45. The second kappa shape index (κ2) is 7.24. The fraction of sp³-hybridized carbons (Fsp3) is 0.500. The van der Waals surface area contributed by atoms with Gasteiger partial charge in [-0.1, -0.05) is 13.8 Å². The number of carbonyl (C=O) groups is 2. The molecule has 1 aliphatic rings. The van der Waals surface area contributed by atoms with Crippen LogP contribution < -0.4 is 15.5 Å². The quantitative estimate of drug-likeness (QED) is 0.876. The topological polar surface area (TPSA) is 61.4 Å². The number of benzene rings is 1. The number of amides is 3. The molecule has 1 fully saturated rings. The van der Waals surface area contributed by atoms with Crippen molar-refractivity contribution in [2.75, 3.05) is 18.0 Å². The van der Waals surface area contributed by atoms with Gasteiger partial charge in [-0.05, 0) is 43.0 Å². The molecule has 0 radical (unpaired) electrons. The second-order valence-electron chi connectivity index (χ2n) is 5.89. The maximum Gasteiger partial charge on any atom is 0.315 e. The average molecular weight is 307 g/mol. The van der Waals surface area contributed by atoms with Gasteiger partial charge in [-0.3, -0.25) is 4.79 Å².